The standard InChI is InChI=1S/C18H18O8/c1-23-11-5-4-8(19)6-9(11)16-15(22)18(25-3)13-12(26-16)7-10(20)17(24-2)14(13)21/h4-7,18-22H,1-3H3. The summed E-state index contributed by atoms with van der Waals surface area (Å²) < 4.78 is 21.2. The quantitative estimate of drug-likeness (QED) is 0.656. The molecule has 1 atom stereocenters. The summed E-state index contributed by atoms with van der Waals surface area (Å²) in [5.41, 5.74) is 0.370. The molecule has 0 bridgehead atoms. The Morgan fingerprint density at radius 2 is 1.69 bits per heavy atom. The Morgan fingerprint density at radius 1 is 0.962 bits per heavy atom. The molecule has 1 aliphatic rings. The van der Waals surface area contributed by atoms with Gasteiger partial charge in [0.2, 0.25) is 5.75 Å². The van der Waals surface area contributed by atoms with Crippen molar-refractivity contribution in [1.82, 2.24) is 0 Å². The van der Waals surface area contributed by atoms with Crippen LogP contribution in [0.5, 0.6) is 34.5 Å². The lowest BCUT2D eigenvalue weighted by atomic mass is 9.98. The second-order valence-electron chi connectivity index (χ2n) is 5.51. The van der Waals surface area contributed by atoms with E-state index < -0.39 is 11.9 Å². The van der Waals surface area contributed by atoms with Crippen molar-refractivity contribution in [3.8, 4) is 34.5 Å². The molecule has 0 saturated carbocycles. The molecule has 26 heavy (non-hydrogen) atoms. The number of hydrogen-bond donors (Lipinski definition) is 4. The number of aromatic hydroxyl groups is 3. The number of benzene rings is 2. The van der Waals surface area contributed by atoms with Crippen LogP contribution >= 0.6 is 0 Å². The third-order valence-corrected chi connectivity index (χ3v) is 4.06. The number of rotatable bonds is 4. The summed E-state index contributed by atoms with van der Waals surface area (Å²) in [4.78, 5) is 0. The van der Waals surface area contributed by atoms with Crippen molar-refractivity contribution in [2.45, 2.75) is 6.10 Å². The number of methoxy groups -OCH3 is 3. The van der Waals surface area contributed by atoms with Crippen molar-refractivity contribution in [2.75, 3.05) is 21.3 Å². The van der Waals surface area contributed by atoms with Crippen LogP contribution in [0, 0.1) is 0 Å². The highest BCUT2D eigenvalue weighted by atomic mass is 16.5. The number of phenols is 3. The van der Waals surface area contributed by atoms with Crippen LogP contribution in [0.1, 0.15) is 17.2 Å². The first-order valence-electron chi connectivity index (χ1n) is 7.56. The van der Waals surface area contributed by atoms with E-state index in [2.05, 4.69) is 0 Å². The lowest BCUT2D eigenvalue weighted by Crippen LogP contribution is -2.17. The molecule has 8 nitrogen and oxygen atoms in total. The highest BCUT2D eigenvalue weighted by Crippen LogP contribution is 2.53. The number of hydrogen-bond acceptors (Lipinski definition) is 8. The first-order chi connectivity index (χ1) is 12.4. The van der Waals surface area contributed by atoms with Crippen LogP contribution in [-0.2, 0) is 4.74 Å². The Bertz CT molecular complexity index is 887. The number of fused-ring (bicyclic) bond motifs is 1. The van der Waals surface area contributed by atoms with Gasteiger partial charge < -0.3 is 39.4 Å². The van der Waals surface area contributed by atoms with E-state index in [0.717, 1.165) is 0 Å². The molecule has 0 radical (unpaired) electrons. The van der Waals surface area contributed by atoms with E-state index in [9.17, 15) is 20.4 Å². The Kier molecular flexibility index (Phi) is 4.43. The minimum Gasteiger partial charge on any atom is -0.508 e. The van der Waals surface area contributed by atoms with Gasteiger partial charge in [0.25, 0.3) is 0 Å². The molecule has 0 aliphatic carbocycles. The van der Waals surface area contributed by atoms with E-state index in [1.54, 1.807) is 0 Å². The molecule has 1 heterocycles. The average molecular weight is 362 g/mol. The molecule has 0 fully saturated rings. The van der Waals surface area contributed by atoms with Crippen LogP contribution in [0.25, 0.3) is 5.76 Å². The predicted molar refractivity (Wildman–Crippen MR) is 90.9 cm³/mol. The highest BCUT2D eigenvalue weighted by molar-refractivity contribution is 5.75. The largest absolute Gasteiger partial charge is 0.508 e. The Morgan fingerprint density at radius 3 is 2.31 bits per heavy atom. The second-order valence-corrected chi connectivity index (χ2v) is 5.51. The summed E-state index contributed by atoms with van der Waals surface area (Å²) >= 11 is 0. The van der Waals surface area contributed by atoms with Crippen LogP contribution < -0.4 is 14.2 Å². The van der Waals surface area contributed by atoms with Gasteiger partial charge in [-0.2, -0.15) is 0 Å². The first kappa shape index (κ1) is 17.6. The molecule has 1 unspecified atom stereocenters. The molecule has 8 heteroatoms. The molecule has 4 N–H and O–H groups in total. The number of phenolic OH excluding ortho intramolecular Hbond substituents is 3. The fourth-order valence-corrected chi connectivity index (χ4v) is 2.88. The maximum atomic E-state index is 10.7. The number of ether oxygens (including phenoxy) is 4. The fourth-order valence-electron chi connectivity index (χ4n) is 2.88. The van der Waals surface area contributed by atoms with E-state index >= 15 is 0 Å². The Labute approximate surface area is 149 Å². The summed E-state index contributed by atoms with van der Waals surface area (Å²) in [6.07, 6.45) is -1.09. The van der Waals surface area contributed by atoms with Crippen LogP contribution in [0.3, 0.4) is 0 Å². The molecular formula is C18H18O8. The van der Waals surface area contributed by atoms with Gasteiger partial charge in [-0.1, -0.05) is 0 Å². The van der Waals surface area contributed by atoms with Crippen molar-refractivity contribution in [3.63, 3.8) is 0 Å². The summed E-state index contributed by atoms with van der Waals surface area (Å²) in [5.74, 6) is -0.973. The first-order valence-corrected chi connectivity index (χ1v) is 7.56. The zero-order valence-electron chi connectivity index (χ0n) is 14.3. The van der Waals surface area contributed by atoms with Crippen LogP contribution in [0.2, 0.25) is 0 Å². The van der Waals surface area contributed by atoms with Crippen molar-refractivity contribution < 1.29 is 39.4 Å². The van der Waals surface area contributed by atoms with Gasteiger partial charge in [-0.15, -0.1) is 0 Å². The Hall–Kier alpha value is -3.26. The molecule has 0 spiro atoms. The predicted octanol–water partition coefficient (Wildman–Crippen LogP) is 2.83. The molecule has 1 aliphatic heterocycles. The zero-order valence-corrected chi connectivity index (χ0v) is 14.3. The minimum absolute atomic E-state index is 0.0407. The third-order valence-electron chi connectivity index (χ3n) is 4.06. The Balaban J connectivity index is 2.23. The maximum absolute atomic E-state index is 10.7. The molecule has 0 amide bonds. The highest BCUT2D eigenvalue weighted by Gasteiger charge is 2.36. The van der Waals surface area contributed by atoms with Gasteiger partial charge in [-0.25, -0.2) is 0 Å². The van der Waals surface area contributed by atoms with Crippen molar-refractivity contribution in [2.24, 2.45) is 0 Å². The molecular weight excluding hydrogens is 344 g/mol. The summed E-state index contributed by atoms with van der Waals surface area (Å²) in [5, 5.41) is 40.9. The van der Waals surface area contributed by atoms with Crippen molar-refractivity contribution in [3.05, 3.63) is 41.2 Å². The number of aliphatic hydroxyl groups excluding tert-OH is 1. The van der Waals surface area contributed by atoms with Crippen LogP contribution in [-0.4, -0.2) is 41.8 Å². The van der Waals surface area contributed by atoms with Crippen molar-refractivity contribution >= 4 is 5.76 Å². The van der Waals surface area contributed by atoms with E-state index in [-0.39, 0.29) is 45.6 Å². The second kappa shape index (κ2) is 6.57. The van der Waals surface area contributed by atoms with Gasteiger partial charge in [0.1, 0.15) is 17.2 Å². The van der Waals surface area contributed by atoms with Gasteiger partial charge in [0.05, 0.1) is 25.3 Å². The average Bonchev–Trinajstić information content (AvgIpc) is 2.62. The molecule has 138 valence electrons. The third kappa shape index (κ3) is 2.60. The van der Waals surface area contributed by atoms with Gasteiger partial charge in [-0.05, 0) is 18.2 Å². The molecule has 0 aromatic heterocycles. The summed E-state index contributed by atoms with van der Waals surface area (Å²) in [6.45, 7) is 0. The SMILES string of the molecule is COc1ccc(O)cc1C1=C(O)C(OC)c2c(cc(O)c(OC)c2O)O1. The zero-order chi connectivity index (χ0) is 19.0. The summed E-state index contributed by atoms with van der Waals surface area (Å²) in [7, 11) is 4.05. The lowest BCUT2D eigenvalue weighted by molar-refractivity contribution is 0.0821. The molecule has 3 rings (SSSR count). The monoisotopic (exact) mass is 362 g/mol. The van der Waals surface area contributed by atoms with Crippen LogP contribution in [0.15, 0.2) is 30.0 Å². The topological polar surface area (TPSA) is 118 Å². The molecule has 2 aromatic carbocycles. The molecule has 0 saturated heterocycles. The van der Waals surface area contributed by atoms with Gasteiger partial charge in [0.15, 0.2) is 29.1 Å². The van der Waals surface area contributed by atoms with Gasteiger partial charge in [0, 0.05) is 13.2 Å². The van der Waals surface area contributed by atoms with E-state index in [0.29, 0.717) is 5.75 Å². The van der Waals surface area contributed by atoms with Crippen LogP contribution in [0.4, 0.5) is 0 Å². The van der Waals surface area contributed by atoms with Gasteiger partial charge in [-0.3, -0.25) is 0 Å². The van der Waals surface area contributed by atoms with E-state index in [1.807, 2.05) is 0 Å². The molecule has 2 aromatic rings. The normalized spacial score (nSPS) is 16.0. The smallest absolute Gasteiger partial charge is 0.203 e. The lowest BCUT2D eigenvalue weighted by Gasteiger charge is -2.28. The summed E-state index contributed by atoms with van der Waals surface area (Å²) in [6, 6.07) is 5.52. The fraction of sp³-hybridized carbons (Fsp3) is 0.222. The van der Waals surface area contributed by atoms with Gasteiger partial charge >= 0.3 is 0 Å². The maximum Gasteiger partial charge on any atom is 0.203 e. The van der Waals surface area contributed by atoms with Crippen molar-refractivity contribution in [1.29, 1.82) is 0 Å². The number of aliphatic hydroxyl groups is 1. The van der Waals surface area contributed by atoms with E-state index in [4.69, 9.17) is 18.9 Å². The van der Waals surface area contributed by atoms with E-state index in [1.165, 1.54) is 45.6 Å². The minimum atomic E-state index is -1.09.